The van der Waals surface area contributed by atoms with Gasteiger partial charge in [0.2, 0.25) is 0 Å². The average Bonchev–Trinajstić information content (AvgIpc) is 0.992. The van der Waals surface area contributed by atoms with Crippen molar-refractivity contribution < 1.29 is 199 Å². The fraction of sp³-hybridized carbons (Fsp3) is 0.980. The van der Waals surface area contributed by atoms with Crippen LogP contribution in [0.25, 0.3) is 0 Å². The van der Waals surface area contributed by atoms with E-state index in [1.807, 2.05) is 0 Å². The van der Waals surface area contributed by atoms with E-state index in [1.54, 1.807) is 6.08 Å². The van der Waals surface area contributed by atoms with E-state index in [4.69, 9.17) is 199 Å². The van der Waals surface area contributed by atoms with Gasteiger partial charge in [0.1, 0.15) is 0 Å². The summed E-state index contributed by atoms with van der Waals surface area (Å²) < 4.78 is 228. The molecule has 0 rings (SSSR count). The van der Waals surface area contributed by atoms with Crippen LogP contribution in [0, 0.1) is 0 Å². The molecule has 846 valence electrons. The summed E-state index contributed by atoms with van der Waals surface area (Å²) in [5.74, 6) is 0. The molecule has 0 aliphatic rings. The summed E-state index contributed by atoms with van der Waals surface area (Å²) in [5, 5.41) is 8.63. The lowest BCUT2D eigenvalue weighted by atomic mass is 10.0. The van der Waals surface area contributed by atoms with Crippen molar-refractivity contribution in [3.05, 3.63) is 12.7 Å². The van der Waals surface area contributed by atoms with E-state index in [0.29, 0.717) is 535 Å². The van der Waals surface area contributed by atoms with Crippen molar-refractivity contribution in [3.8, 4) is 0 Å². The van der Waals surface area contributed by atoms with E-state index in [2.05, 4.69) is 13.5 Å². The summed E-state index contributed by atoms with van der Waals surface area (Å²) in [5.41, 5.74) is 0. The smallest absolute Gasteiger partial charge is 0.0809 e. The highest BCUT2D eigenvalue weighted by molar-refractivity contribution is 4.66. The topological polar surface area (TPSA) is 399 Å². The van der Waals surface area contributed by atoms with Crippen LogP contribution in [0.3, 0.4) is 0 Å². The minimum atomic E-state index is 0.0147. The van der Waals surface area contributed by atoms with Gasteiger partial charge in [0.15, 0.2) is 0 Å². The van der Waals surface area contributed by atoms with Gasteiger partial charge in [0.05, 0.1) is 548 Å². The van der Waals surface area contributed by atoms with Gasteiger partial charge in [0, 0.05) is 0 Å². The van der Waals surface area contributed by atoms with Gasteiger partial charge in [-0.15, -0.1) is 6.58 Å². The van der Waals surface area contributed by atoms with Crippen LogP contribution in [0.15, 0.2) is 12.7 Å². The van der Waals surface area contributed by atoms with Gasteiger partial charge in [-0.1, -0.05) is 90.0 Å². The Morgan fingerprint density at radius 2 is 0.262 bits per heavy atom. The predicted molar refractivity (Wildman–Crippen MR) is 525 cm³/mol. The molecule has 0 aliphatic carbocycles. The fourth-order valence-corrected chi connectivity index (χ4v) is 11.5. The molecule has 0 saturated carbocycles. The Labute approximate surface area is 846 Å². The van der Waals surface area contributed by atoms with Crippen molar-refractivity contribution >= 4 is 0 Å². The van der Waals surface area contributed by atoms with Crippen LogP contribution in [0.1, 0.15) is 90.4 Å². The van der Waals surface area contributed by atoms with E-state index >= 15 is 0 Å². The number of aliphatic hydroxyl groups excluding tert-OH is 1. The molecular formula is C99H198O42. The molecule has 42 nitrogen and oxygen atoms in total. The molecule has 0 aromatic heterocycles. The molecule has 1 atom stereocenters. The Hall–Kier alpha value is -1.94. The molecule has 0 fully saturated rings. The largest absolute Gasteiger partial charge is 0.394 e. The van der Waals surface area contributed by atoms with Gasteiger partial charge in [0.25, 0.3) is 0 Å². The van der Waals surface area contributed by atoms with Crippen LogP contribution in [0.5, 0.6) is 0 Å². The van der Waals surface area contributed by atoms with E-state index in [0.717, 1.165) is 12.8 Å². The first-order valence-corrected chi connectivity index (χ1v) is 52.3. The highest BCUT2D eigenvalue weighted by atomic mass is 16.6. The number of unbranched alkanes of at least 4 members (excludes halogenated alkanes) is 11. The van der Waals surface area contributed by atoms with Gasteiger partial charge in [-0.3, -0.25) is 0 Å². The first-order chi connectivity index (χ1) is 70.3. The van der Waals surface area contributed by atoms with Crippen molar-refractivity contribution in [2.75, 3.05) is 542 Å². The molecule has 42 heteroatoms. The maximum Gasteiger partial charge on any atom is 0.0809 e. The van der Waals surface area contributed by atoms with Crippen molar-refractivity contribution in [3.63, 3.8) is 0 Å². The van der Waals surface area contributed by atoms with Crippen LogP contribution in [-0.4, -0.2) is 553 Å². The number of rotatable bonds is 137. The van der Waals surface area contributed by atoms with E-state index in [9.17, 15) is 0 Å². The Bertz CT molecular complexity index is 2050. The third-order valence-electron chi connectivity index (χ3n) is 18.9. The molecule has 0 spiro atoms. The quantitative estimate of drug-likeness (QED) is 0.0515. The second kappa shape index (κ2) is 136. The Balaban J connectivity index is 3.16. The highest BCUT2D eigenvalue weighted by Crippen LogP contribution is 2.15. The van der Waals surface area contributed by atoms with Crippen LogP contribution >= 0.6 is 0 Å². The summed E-state index contributed by atoms with van der Waals surface area (Å²) in [6.45, 7) is 45.1. The van der Waals surface area contributed by atoms with Gasteiger partial charge < -0.3 is 199 Å². The molecule has 0 heterocycles. The molecule has 1 unspecified atom stereocenters. The lowest BCUT2D eigenvalue weighted by Crippen LogP contribution is -2.23. The van der Waals surface area contributed by atoms with Crippen LogP contribution in [0.4, 0.5) is 0 Å². The maximum atomic E-state index is 8.63. The standard InChI is InChI=1S/C99H198O42/c1-3-5-6-7-8-9-10-11-12-13-14-15-16-99(98-140-18-4-2)141-97-96-139-95-94-138-93-92-137-91-90-136-89-88-135-87-86-134-85-84-133-83-82-132-81-80-131-79-78-130-77-76-129-75-74-128-73-72-127-71-70-126-69-68-125-67-66-124-65-64-123-63-62-122-61-60-121-59-58-120-57-56-119-55-54-118-53-52-117-51-50-116-49-48-115-47-46-114-45-44-113-43-42-112-41-40-111-39-38-110-37-36-109-35-34-108-33-32-107-31-30-106-29-28-105-27-26-104-25-24-103-23-22-102-21-20-101-19-17-100/h4,99-100H,2-3,5-98H2,1H3. The summed E-state index contributed by atoms with van der Waals surface area (Å²) >= 11 is 0. The average molecular weight is 2060 g/mol. The van der Waals surface area contributed by atoms with E-state index in [1.165, 1.54) is 70.6 Å². The number of aliphatic hydroxyl groups is 1. The zero-order valence-corrected chi connectivity index (χ0v) is 87.2. The summed E-state index contributed by atoms with van der Waals surface area (Å²) in [6, 6.07) is 0. The second-order valence-corrected chi connectivity index (χ2v) is 30.6. The summed E-state index contributed by atoms with van der Waals surface area (Å²) in [7, 11) is 0. The normalized spacial score (nSPS) is 12.1. The molecule has 0 amide bonds. The molecule has 1 N–H and O–H groups in total. The number of hydrogen-bond donors (Lipinski definition) is 1. The maximum absolute atomic E-state index is 8.63. The Kier molecular flexibility index (Phi) is 134. The number of hydrogen-bond acceptors (Lipinski definition) is 42. The number of ether oxygens (including phenoxy) is 41. The molecule has 0 aromatic rings. The van der Waals surface area contributed by atoms with Crippen LogP contribution < -0.4 is 0 Å². The zero-order valence-electron chi connectivity index (χ0n) is 87.2. The van der Waals surface area contributed by atoms with Crippen molar-refractivity contribution in [1.29, 1.82) is 0 Å². The van der Waals surface area contributed by atoms with E-state index < -0.39 is 0 Å². The molecule has 0 aromatic carbocycles. The van der Waals surface area contributed by atoms with E-state index in [-0.39, 0.29) is 12.7 Å². The third kappa shape index (κ3) is 134. The van der Waals surface area contributed by atoms with Crippen molar-refractivity contribution in [1.82, 2.24) is 0 Å². The third-order valence-corrected chi connectivity index (χ3v) is 18.9. The Morgan fingerprint density at radius 1 is 0.149 bits per heavy atom. The molecule has 0 saturated heterocycles. The van der Waals surface area contributed by atoms with Gasteiger partial charge in [-0.05, 0) is 6.42 Å². The van der Waals surface area contributed by atoms with Crippen molar-refractivity contribution in [2.24, 2.45) is 0 Å². The minimum Gasteiger partial charge on any atom is -0.394 e. The SMILES string of the molecule is C=CCOCC(CCCCCCCCCCCCCC)OCCOCCOCCOCCOCCOCCOCCOCCOCCOCCOCCOCCOCCOCCOCCOCCOCCOCCOCCOCCOCCOCCOCCOCCOCCOCCOCCOCCOCCOCCOCCOCCOCCOCCOCCOCCOCCOCCOCCOCCO. The first kappa shape index (κ1) is 139. The van der Waals surface area contributed by atoms with Crippen LogP contribution in [-0.2, 0) is 194 Å². The molecule has 0 radical (unpaired) electrons. The lowest BCUT2D eigenvalue weighted by Gasteiger charge is -2.18. The fourth-order valence-electron chi connectivity index (χ4n) is 11.5. The molecule has 0 aliphatic heterocycles. The summed E-state index contributed by atoms with van der Waals surface area (Å²) in [6.07, 6.45) is 19.0. The monoisotopic (exact) mass is 2060 g/mol. The lowest BCUT2D eigenvalue weighted by molar-refractivity contribution is -0.0471. The minimum absolute atomic E-state index is 0.0147. The van der Waals surface area contributed by atoms with Crippen LogP contribution in [0.2, 0.25) is 0 Å². The molecule has 0 bridgehead atoms. The highest BCUT2D eigenvalue weighted by Gasteiger charge is 2.12. The molecule has 141 heavy (non-hydrogen) atoms. The summed E-state index contributed by atoms with van der Waals surface area (Å²) in [4.78, 5) is 0. The van der Waals surface area contributed by atoms with Gasteiger partial charge in [-0.25, -0.2) is 0 Å². The van der Waals surface area contributed by atoms with Gasteiger partial charge in [-0.2, -0.15) is 0 Å². The molecular weight excluding hydrogens is 1860 g/mol. The van der Waals surface area contributed by atoms with Gasteiger partial charge >= 0.3 is 0 Å². The second-order valence-electron chi connectivity index (χ2n) is 30.6. The Morgan fingerprint density at radius 3 is 0.383 bits per heavy atom. The van der Waals surface area contributed by atoms with Crippen molar-refractivity contribution in [2.45, 2.75) is 96.5 Å². The predicted octanol–water partition coefficient (Wildman–Crippen LogP) is 6.31. The zero-order chi connectivity index (χ0) is 100. The first-order valence-electron chi connectivity index (χ1n) is 52.3.